The van der Waals surface area contributed by atoms with E-state index in [9.17, 15) is 10.1 Å². The fraction of sp³-hybridized carbons (Fsp3) is 0.143. The Balaban J connectivity index is 2.30. The fourth-order valence-corrected chi connectivity index (χ4v) is 2.97. The molecule has 1 unspecified atom stereocenters. The molecule has 110 valence electrons. The maximum Gasteiger partial charge on any atom is 0.274 e. The van der Waals surface area contributed by atoms with Crippen LogP contribution in [0.5, 0.6) is 11.5 Å². The van der Waals surface area contributed by atoms with Crippen LogP contribution in [0.15, 0.2) is 45.3 Å². The van der Waals surface area contributed by atoms with Crippen LogP contribution < -0.4 is 10.5 Å². The maximum absolute atomic E-state index is 10.8. The van der Waals surface area contributed by atoms with E-state index in [4.69, 9.17) is 10.5 Å². The number of nitro benzene ring substituents is 1. The van der Waals surface area contributed by atoms with Gasteiger partial charge in [0.2, 0.25) is 0 Å². The van der Waals surface area contributed by atoms with Crippen molar-refractivity contribution in [2.45, 2.75) is 13.0 Å². The van der Waals surface area contributed by atoms with E-state index in [-0.39, 0.29) is 11.7 Å². The second-order valence-corrected chi connectivity index (χ2v) is 6.25. The van der Waals surface area contributed by atoms with Crippen molar-refractivity contribution in [1.82, 2.24) is 0 Å². The van der Waals surface area contributed by atoms with Gasteiger partial charge in [-0.25, -0.2) is 0 Å². The molecule has 0 aliphatic rings. The molecule has 2 aromatic carbocycles. The molecule has 0 radical (unpaired) electrons. The summed E-state index contributed by atoms with van der Waals surface area (Å²) in [6.07, 6.45) is 0. The Bertz CT molecular complexity index is 690. The van der Waals surface area contributed by atoms with Crippen molar-refractivity contribution >= 4 is 37.5 Å². The molecule has 0 spiro atoms. The third kappa shape index (κ3) is 4.03. The van der Waals surface area contributed by atoms with Crippen LogP contribution in [0, 0.1) is 10.1 Å². The van der Waals surface area contributed by atoms with Crippen molar-refractivity contribution < 1.29 is 9.66 Å². The van der Waals surface area contributed by atoms with Crippen LogP contribution in [0.3, 0.4) is 0 Å². The molecule has 0 aliphatic heterocycles. The molecule has 2 N–H and O–H groups in total. The highest BCUT2D eigenvalue weighted by Gasteiger charge is 2.11. The van der Waals surface area contributed by atoms with Gasteiger partial charge in [0.15, 0.2) is 0 Å². The van der Waals surface area contributed by atoms with Gasteiger partial charge in [-0.2, -0.15) is 0 Å². The molecule has 0 fully saturated rings. The Morgan fingerprint density at radius 1 is 1.19 bits per heavy atom. The van der Waals surface area contributed by atoms with Crippen molar-refractivity contribution in [3.63, 3.8) is 0 Å². The average Bonchev–Trinajstić information content (AvgIpc) is 2.37. The maximum atomic E-state index is 10.8. The molecule has 0 bridgehead atoms. The summed E-state index contributed by atoms with van der Waals surface area (Å²) in [7, 11) is 0. The van der Waals surface area contributed by atoms with Crippen molar-refractivity contribution in [1.29, 1.82) is 0 Å². The summed E-state index contributed by atoms with van der Waals surface area (Å²) < 4.78 is 7.07. The number of nitro groups is 1. The predicted molar refractivity (Wildman–Crippen MR) is 87.6 cm³/mol. The Morgan fingerprint density at radius 3 is 2.48 bits per heavy atom. The van der Waals surface area contributed by atoms with Gasteiger partial charge in [0.25, 0.3) is 5.69 Å². The van der Waals surface area contributed by atoms with E-state index in [1.165, 1.54) is 12.1 Å². The first-order valence-corrected chi connectivity index (χ1v) is 7.63. The van der Waals surface area contributed by atoms with Crippen LogP contribution >= 0.6 is 31.9 Å². The third-order valence-corrected chi connectivity index (χ3v) is 3.91. The quantitative estimate of drug-likeness (QED) is 0.567. The van der Waals surface area contributed by atoms with Crippen LogP contribution in [0.25, 0.3) is 0 Å². The monoisotopic (exact) mass is 414 g/mol. The van der Waals surface area contributed by atoms with Crippen molar-refractivity contribution in [2.75, 3.05) is 0 Å². The summed E-state index contributed by atoms with van der Waals surface area (Å²) in [5.41, 5.74) is 6.76. The SMILES string of the molecule is CC(N)c1ccc(Oc2cc(Br)cc([N+](=O)[O-])c2)cc1Br. The van der Waals surface area contributed by atoms with E-state index in [0.29, 0.717) is 16.0 Å². The van der Waals surface area contributed by atoms with Crippen molar-refractivity contribution in [3.05, 3.63) is 61.0 Å². The lowest BCUT2D eigenvalue weighted by atomic mass is 10.1. The smallest absolute Gasteiger partial charge is 0.274 e. The zero-order valence-electron chi connectivity index (χ0n) is 11.0. The highest BCUT2D eigenvalue weighted by atomic mass is 79.9. The Morgan fingerprint density at radius 2 is 1.90 bits per heavy atom. The number of non-ortho nitro benzene ring substituents is 1. The molecule has 21 heavy (non-hydrogen) atoms. The highest BCUT2D eigenvalue weighted by Crippen LogP contribution is 2.32. The lowest BCUT2D eigenvalue weighted by Gasteiger charge is -2.11. The van der Waals surface area contributed by atoms with Gasteiger partial charge in [0.05, 0.1) is 11.0 Å². The molecule has 0 heterocycles. The van der Waals surface area contributed by atoms with E-state index >= 15 is 0 Å². The topological polar surface area (TPSA) is 78.4 Å². The van der Waals surface area contributed by atoms with Gasteiger partial charge < -0.3 is 10.5 Å². The van der Waals surface area contributed by atoms with Gasteiger partial charge in [-0.15, -0.1) is 0 Å². The van der Waals surface area contributed by atoms with Gasteiger partial charge in [-0.05, 0) is 30.7 Å². The van der Waals surface area contributed by atoms with E-state index in [0.717, 1.165) is 10.0 Å². The van der Waals surface area contributed by atoms with Crippen LogP contribution in [-0.2, 0) is 0 Å². The molecule has 5 nitrogen and oxygen atoms in total. The molecule has 0 saturated carbocycles. The van der Waals surface area contributed by atoms with Crippen molar-refractivity contribution in [2.24, 2.45) is 5.73 Å². The van der Waals surface area contributed by atoms with Crippen LogP contribution in [0.1, 0.15) is 18.5 Å². The summed E-state index contributed by atoms with van der Waals surface area (Å²) in [6, 6.07) is 9.78. The molecule has 0 amide bonds. The minimum atomic E-state index is -0.466. The van der Waals surface area contributed by atoms with Gasteiger partial charge in [0, 0.05) is 21.1 Å². The molecule has 0 aliphatic carbocycles. The van der Waals surface area contributed by atoms with Crippen LogP contribution in [0.2, 0.25) is 0 Å². The first-order valence-electron chi connectivity index (χ1n) is 6.04. The molecular formula is C14H12Br2N2O3. The fourth-order valence-electron chi connectivity index (χ4n) is 1.79. The summed E-state index contributed by atoms with van der Waals surface area (Å²) in [5.74, 6) is 0.954. The predicted octanol–water partition coefficient (Wildman–Crippen LogP) is 4.93. The molecule has 2 aromatic rings. The number of benzene rings is 2. The molecule has 0 saturated heterocycles. The number of ether oxygens (including phenoxy) is 1. The molecule has 1 atom stereocenters. The summed E-state index contributed by atoms with van der Waals surface area (Å²) in [5, 5.41) is 10.8. The Kier molecular flexibility index (Phi) is 4.97. The van der Waals surface area contributed by atoms with Gasteiger partial charge in [-0.1, -0.05) is 37.9 Å². The minimum absolute atomic E-state index is 0.0364. The number of rotatable bonds is 4. The number of nitrogens with two attached hydrogens (primary N) is 1. The van der Waals surface area contributed by atoms with E-state index < -0.39 is 4.92 Å². The second-order valence-electron chi connectivity index (χ2n) is 4.48. The van der Waals surface area contributed by atoms with Crippen molar-refractivity contribution in [3.8, 4) is 11.5 Å². The van der Waals surface area contributed by atoms with Crippen LogP contribution in [0.4, 0.5) is 5.69 Å². The summed E-state index contributed by atoms with van der Waals surface area (Å²) in [6.45, 7) is 1.89. The summed E-state index contributed by atoms with van der Waals surface area (Å²) >= 11 is 6.67. The van der Waals surface area contributed by atoms with E-state index in [1.807, 2.05) is 13.0 Å². The minimum Gasteiger partial charge on any atom is -0.457 e. The zero-order chi connectivity index (χ0) is 15.6. The second kappa shape index (κ2) is 6.55. The number of halogens is 2. The standard InChI is InChI=1S/C14H12Br2N2O3/c1-8(17)13-3-2-11(7-14(13)16)21-12-5-9(15)4-10(6-12)18(19)20/h2-8H,17H2,1H3. The van der Waals surface area contributed by atoms with Gasteiger partial charge >= 0.3 is 0 Å². The third-order valence-electron chi connectivity index (χ3n) is 2.77. The lowest BCUT2D eigenvalue weighted by Crippen LogP contribution is -2.05. The number of hydrogen-bond donors (Lipinski definition) is 1. The molecule has 0 aromatic heterocycles. The average molecular weight is 416 g/mol. The number of hydrogen-bond acceptors (Lipinski definition) is 4. The first kappa shape index (κ1) is 15.9. The van der Waals surface area contributed by atoms with Gasteiger partial charge in [0.1, 0.15) is 11.5 Å². The zero-order valence-corrected chi connectivity index (χ0v) is 14.2. The largest absolute Gasteiger partial charge is 0.457 e. The highest BCUT2D eigenvalue weighted by molar-refractivity contribution is 9.10. The molecular weight excluding hydrogens is 404 g/mol. The Hall–Kier alpha value is -1.44. The van der Waals surface area contributed by atoms with E-state index in [1.54, 1.807) is 18.2 Å². The lowest BCUT2D eigenvalue weighted by molar-refractivity contribution is -0.385. The normalized spacial score (nSPS) is 12.0. The molecule has 2 rings (SSSR count). The van der Waals surface area contributed by atoms with E-state index in [2.05, 4.69) is 31.9 Å². The van der Waals surface area contributed by atoms with Gasteiger partial charge in [-0.3, -0.25) is 10.1 Å². The Labute approximate surface area is 138 Å². The summed E-state index contributed by atoms with van der Waals surface area (Å²) in [4.78, 5) is 10.4. The number of nitrogens with zero attached hydrogens (tertiary/aromatic N) is 1. The molecule has 7 heteroatoms. The first-order chi connectivity index (χ1) is 9.86. The van der Waals surface area contributed by atoms with Crippen LogP contribution in [-0.4, -0.2) is 4.92 Å².